The number of carbonyl (C=O) groups is 1. The van der Waals surface area contributed by atoms with E-state index < -0.39 is 16.1 Å². The number of nitrogens with one attached hydrogen (secondary N) is 1. The molecule has 4 N–H and O–H groups in total. The average Bonchev–Trinajstić information content (AvgIpc) is 2.90. The summed E-state index contributed by atoms with van der Waals surface area (Å²) in [5.74, 6) is -0.124. The molecular formula is C31H34N4O4S. The van der Waals surface area contributed by atoms with Crippen LogP contribution in [-0.2, 0) is 27.7 Å². The van der Waals surface area contributed by atoms with E-state index in [1.807, 2.05) is 62.5 Å². The Labute approximate surface area is 234 Å². The number of aromatic hydroxyl groups is 1. The van der Waals surface area contributed by atoms with Crippen LogP contribution in [0.15, 0.2) is 66.9 Å². The number of hydrogen-bond acceptors (Lipinski definition) is 6. The fourth-order valence-corrected chi connectivity index (χ4v) is 6.53. The first-order chi connectivity index (χ1) is 19.0. The first-order valence-corrected chi connectivity index (χ1v) is 15.1. The number of nitrogens with zero attached hydrogens (tertiary/aromatic N) is 2. The van der Waals surface area contributed by atoms with E-state index in [4.69, 9.17) is 5.73 Å². The summed E-state index contributed by atoms with van der Waals surface area (Å²) in [6.07, 6.45) is 4.42. The number of nitrogens with two attached hydrogens (primary N) is 1. The van der Waals surface area contributed by atoms with Crippen LogP contribution in [-0.4, -0.2) is 43.3 Å². The maximum Gasteiger partial charge on any atom is 0.237 e. The summed E-state index contributed by atoms with van der Waals surface area (Å²) in [6.45, 7) is 4.03. The van der Waals surface area contributed by atoms with Crippen LogP contribution in [0.4, 0.5) is 5.69 Å². The highest BCUT2D eigenvalue weighted by atomic mass is 32.2. The molecule has 0 radical (unpaired) electrons. The van der Waals surface area contributed by atoms with Crippen molar-refractivity contribution in [1.82, 2.24) is 10.3 Å². The van der Waals surface area contributed by atoms with E-state index in [1.54, 1.807) is 12.1 Å². The van der Waals surface area contributed by atoms with Gasteiger partial charge < -0.3 is 16.2 Å². The molecule has 3 aromatic carbocycles. The van der Waals surface area contributed by atoms with E-state index in [-0.39, 0.29) is 24.2 Å². The highest BCUT2D eigenvalue weighted by Crippen LogP contribution is 2.36. The number of carbonyl (C=O) groups excluding carboxylic acids is 1. The third kappa shape index (κ3) is 5.80. The quantitative estimate of drug-likeness (QED) is 0.314. The molecule has 1 aliphatic rings. The van der Waals surface area contributed by atoms with Gasteiger partial charge in [-0.25, -0.2) is 8.42 Å². The van der Waals surface area contributed by atoms with E-state index in [0.717, 1.165) is 44.3 Å². The van der Waals surface area contributed by atoms with Gasteiger partial charge in [0.25, 0.3) is 0 Å². The molecule has 8 nitrogen and oxygen atoms in total. The predicted molar refractivity (Wildman–Crippen MR) is 158 cm³/mol. The van der Waals surface area contributed by atoms with Gasteiger partial charge in [0.2, 0.25) is 15.9 Å². The molecule has 9 heteroatoms. The Bertz CT molecular complexity index is 1680. The predicted octanol–water partition coefficient (Wildman–Crippen LogP) is 4.05. The molecule has 208 valence electrons. The van der Waals surface area contributed by atoms with Crippen LogP contribution in [0.2, 0.25) is 0 Å². The van der Waals surface area contributed by atoms with Gasteiger partial charge in [-0.05, 0) is 96.8 Å². The Kier molecular flexibility index (Phi) is 7.53. The van der Waals surface area contributed by atoms with Gasteiger partial charge in [0, 0.05) is 18.1 Å². The third-order valence-corrected chi connectivity index (χ3v) is 8.75. The molecule has 1 amide bonds. The summed E-state index contributed by atoms with van der Waals surface area (Å²) in [4.78, 5) is 17.8. The SMILES string of the molecule is Cc1cc(O)cc(C)c1C[C@H](N)C(=O)N[C@@H]1CCN(S(C)(=O)=O)c2ccc(Cc3cnc4ccccc4c3)cc21. The van der Waals surface area contributed by atoms with Gasteiger partial charge in [-0.15, -0.1) is 0 Å². The van der Waals surface area contributed by atoms with Crippen LogP contribution in [0.1, 0.15) is 45.8 Å². The molecular weight excluding hydrogens is 524 g/mol. The van der Waals surface area contributed by atoms with Gasteiger partial charge in [-0.3, -0.25) is 14.1 Å². The molecule has 0 unspecified atom stereocenters. The molecule has 5 rings (SSSR count). The smallest absolute Gasteiger partial charge is 0.237 e. The third-order valence-electron chi connectivity index (χ3n) is 7.57. The summed E-state index contributed by atoms with van der Waals surface area (Å²) in [5, 5.41) is 14.0. The number of benzene rings is 3. The molecule has 0 spiro atoms. The number of fused-ring (bicyclic) bond motifs is 2. The number of aryl methyl sites for hydroxylation is 2. The lowest BCUT2D eigenvalue weighted by atomic mass is 9.92. The lowest BCUT2D eigenvalue weighted by Crippen LogP contribution is -2.46. The number of sulfonamides is 1. The lowest BCUT2D eigenvalue weighted by Gasteiger charge is -2.35. The van der Waals surface area contributed by atoms with Crippen molar-refractivity contribution in [2.75, 3.05) is 17.1 Å². The largest absolute Gasteiger partial charge is 0.508 e. The summed E-state index contributed by atoms with van der Waals surface area (Å²) in [6, 6.07) is 17.9. The van der Waals surface area contributed by atoms with Crippen molar-refractivity contribution in [3.05, 3.63) is 100 Å². The highest BCUT2D eigenvalue weighted by Gasteiger charge is 2.32. The van der Waals surface area contributed by atoms with Crippen molar-refractivity contribution in [3.63, 3.8) is 0 Å². The van der Waals surface area contributed by atoms with Crippen molar-refractivity contribution in [1.29, 1.82) is 0 Å². The first kappa shape index (κ1) is 27.6. The number of para-hydroxylation sites is 1. The number of aromatic nitrogens is 1. The number of phenols is 1. The lowest BCUT2D eigenvalue weighted by molar-refractivity contribution is -0.123. The minimum atomic E-state index is -3.49. The maximum absolute atomic E-state index is 13.3. The Morgan fingerprint density at radius 2 is 1.82 bits per heavy atom. The van der Waals surface area contributed by atoms with Crippen LogP contribution in [0.25, 0.3) is 10.9 Å². The van der Waals surface area contributed by atoms with Crippen LogP contribution >= 0.6 is 0 Å². The number of rotatable bonds is 7. The molecule has 1 aliphatic heterocycles. The van der Waals surface area contributed by atoms with Crippen LogP contribution in [0.3, 0.4) is 0 Å². The van der Waals surface area contributed by atoms with E-state index in [0.29, 0.717) is 24.9 Å². The summed E-state index contributed by atoms with van der Waals surface area (Å²) < 4.78 is 26.5. The molecule has 2 atom stereocenters. The Morgan fingerprint density at radius 1 is 1.10 bits per heavy atom. The number of amides is 1. The fourth-order valence-electron chi connectivity index (χ4n) is 5.57. The minimum Gasteiger partial charge on any atom is -0.508 e. The second-order valence-electron chi connectivity index (χ2n) is 10.7. The highest BCUT2D eigenvalue weighted by molar-refractivity contribution is 7.92. The Morgan fingerprint density at radius 3 is 2.55 bits per heavy atom. The minimum absolute atomic E-state index is 0.182. The number of anilines is 1. The monoisotopic (exact) mass is 558 g/mol. The van der Waals surface area contributed by atoms with Gasteiger partial charge >= 0.3 is 0 Å². The Hall–Kier alpha value is -3.95. The van der Waals surface area contributed by atoms with E-state index in [9.17, 15) is 18.3 Å². The summed E-state index contributed by atoms with van der Waals surface area (Å²) >= 11 is 0. The topological polar surface area (TPSA) is 126 Å². The van der Waals surface area contributed by atoms with Crippen LogP contribution in [0.5, 0.6) is 5.75 Å². The zero-order chi connectivity index (χ0) is 28.6. The second kappa shape index (κ2) is 10.9. The van der Waals surface area contributed by atoms with Gasteiger partial charge in [0.05, 0.1) is 29.5 Å². The molecule has 0 saturated heterocycles. The zero-order valence-electron chi connectivity index (χ0n) is 22.9. The summed E-state index contributed by atoms with van der Waals surface area (Å²) in [5.41, 5.74) is 13.3. The molecule has 0 bridgehead atoms. The first-order valence-electron chi connectivity index (χ1n) is 13.3. The fraction of sp³-hybridized carbons (Fsp3) is 0.290. The van der Waals surface area contributed by atoms with Crippen LogP contribution in [0, 0.1) is 13.8 Å². The molecule has 1 aromatic heterocycles. The molecule has 2 heterocycles. The van der Waals surface area contributed by atoms with Crippen molar-refractivity contribution in [3.8, 4) is 5.75 Å². The molecule has 0 fully saturated rings. The van der Waals surface area contributed by atoms with Gasteiger partial charge in [-0.1, -0.05) is 30.3 Å². The molecule has 4 aromatic rings. The normalized spacial score (nSPS) is 16.0. The van der Waals surface area contributed by atoms with Crippen molar-refractivity contribution < 1.29 is 18.3 Å². The van der Waals surface area contributed by atoms with Crippen LogP contribution < -0.4 is 15.4 Å². The van der Waals surface area contributed by atoms with Crippen molar-refractivity contribution >= 4 is 32.5 Å². The van der Waals surface area contributed by atoms with E-state index >= 15 is 0 Å². The molecule has 0 aliphatic carbocycles. The number of hydrogen-bond donors (Lipinski definition) is 3. The summed E-state index contributed by atoms with van der Waals surface area (Å²) in [7, 11) is -3.49. The molecule has 40 heavy (non-hydrogen) atoms. The average molecular weight is 559 g/mol. The van der Waals surface area contributed by atoms with Gasteiger partial charge in [0.15, 0.2) is 0 Å². The number of phenolic OH excluding ortho intramolecular Hbond substituents is 1. The Balaban J connectivity index is 1.41. The number of pyridine rings is 1. The zero-order valence-corrected chi connectivity index (χ0v) is 23.7. The molecule has 0 saturated carbocycles. The standard InChI is InChI=1S/C31H34N4O4S/c1-19-12-24(36)13-20(2)25(19)17-27(32)31(37)34-29-10-11-35(40(3,38)39)30-9-8-21(16-26(29)30)14-22-15-23-6-4-5-7-28(23)33-18-22/h4-9,12-13,15-16,18,27,29,36H,10-11,14,17,32H2,1-3H3,(H,34,37)/t27-,29+/m0/s1. The maximum atomic E-state index is 13.3. The van der Waals surface area contributed by atoms with Crippen molar-refractivity contribution in [2.45, 2.75) is 45.2 Å². The van der Waals surface area contributed by atoms with Gasteiger partial charge in [-0.2, -0.15) is 0 Å². The van der Waals surface area contributed by atoms with Crippen molar-refractivity contribution in [2.24, 2.45) is 5.73 Å². The second-order valence-corrected chi connectivity index (χ2v) is 12.6. The van der Waals surface area contributed by atoms with Gasteiger partial charge in [0.1, 0.15) is 5.75 Å². The van der Waals surface area contributed by atoms with E-state index in [1.165, 1.54) is 10.6 Å². The van der Waals surface area contributed by atoms with E-state index in [2.05, 4.69) is 16.4 Å².